The lowest BCUT2D eigenvalue weighted by Crippen LogP contribution is -2.42. The fraction of sp³-hybridized carbons (Fsp3) is 0.286. The number of ether oxygens (including phenoxy) is 4. The molecule has 0 saturated carbocycles. The third-order valence-electron chi connectivity index (χ3n) is 6.10. The highest BCUT2D eigenvalue weighted by atomic mass is 16.6. The van der Waals surface area contributed by atoms with Crippen molar-refractivity contribution in [3.63, 3.8) is 0 Å². The Balaban J connectivity index is 1.59. The first kappa shape index (κ1) is 26.6. The molecule has 3 aromatic rings. The molecule has 3 atom stereocenters. The van der Waals surface area contributed by atoms with E-state index in [2.05, 4.69) is 4.98 Å². The van der Waals surface area contributed by atoms with Gasteiger partial charge in [0.25, 0.3) is 5.91 Å². The largest absolute Gasteiger partial charge is 0.493 e. The van der Waals surface area contributed by atoms with E-state index in [0.717, 1.165) is 11.1 Å². The first-order valence-electron chi connectivity index (χ1n) is 12.0. The van der Waals surface area contributed by atoms with E-state index in [1.165, 1.54) is 26.3 Å². The van der Waals surface area contributed by atoms with Crippen molar-refractivity contribution >= 4 is 18.0 Å². The molecule has 0 bridgehead atoms. The van der Waals surface area contributed by atoms with Gasteiger partial charge in [0.15, 0.2) is 23.9 Å². The van der Waals surface area contributed by atoms with Crippen molar-refractivity contribution in [1.29, 1.82) is 0 Å². The molecule has 0 aliphatic carbocycles. The number of cyclic esters (lactones) is 2. The number of carbonyl (C=O) groups is 3. The van der Waals surface area contributed by atoms with Crippen molar-refractivity contribution in [3.8, 4) is 11.5 Å². The Bertz CT molecular complexity index is 1270. The highest BCUT2D eigenvalue weighted by Gasteiger charge is 2.39. The molecule has 10 heteroatoms. The fourth-order valence-electron chi connectivity index (χ4n) is 4.00. The van der Waals surface area contributed by atoms with Gasteiger partial charge in [0, 0.05) is 12.3 Å². The van der Waals surface area contributed by atoms with Crippen LogP contribution in [0.5, 0.6) is 11.5 Å². The summed E-state index contributed by atoms with van der Waals surface area (Å²) in [7, 11) is 1.41. The summed E-state index contributed by atoms with van der Waals surface area (Å²) in [5.41, 5.74) is 1.39. The van der Waals surface area contributed by atoms with E-state index in [9.17, 15) is 19.5 Å². The van der Waals surface area contributed by atoms with Crippen molar-refractivity contribution in [1.82, 2.24) is 9.88 Å². The molecule has 1 saturated heterocycles. The maximum atomic E-state index is 13.5. The Labute approximate surface area is 219 Å². The van der Waals surface area contributed by atoms with Crippen LogP contribution in [0.2, 0.25) is 0 Å². The molecule has 38 heavy (non-hydrogen) atoms. The highest BCUT2D eigenvalue weighted by Crippen LogP contribution is 2.32. The number of hydrogen-bond donors (Lipinski definition) is 1. The minimum Gasteiger partial charge on any atom is -0.493 e. The SMILES string of the molecule is COc1ccnc(C(=O)N2COC(=O)[C@H](Cc3ccccc3)[C@@H](O)[C@H](C)OC2=O)c1OCc1ccccc1. The number of imide groups is 1. The molecular formula is C28H28N2O8. The number of aliphatic hydroxyl groups is 1. The average Bonchev–Trinajstić information content (AvgIpc) is 2.97. The quantitative estimate of drug-likeness (QED) is 0.467. The van der Waals surface area contributed by atoms with Gasteiger partial charge in [-0.15, -0.1) is 0 Å². The Morgan fingerprint density at radius 3 is 2.37 bits per heavy atom. The number of amides is 2. The van der Waals surface area contributed by atoms with Gasteiger partial charge >= 0.3 is 12.1 Å². The van der Waals surface area contributed by atoms with Crippen molar-refractivity contribution in [2.24, 2.45) is 5.92 Å². The van der Waals surface area contributed by atoms with Crippen LogP contribution in [0.15, 0.2) is 72.9 Å². The van der Waals surface area contributed by atoms with E-state index in [-0.39, 0.29) is 30.2 Å². The van der Waals surface area contributed by atoms with E-state index < -0.39 is 42.8 Å². The zero-order chi connectivity index (χ0) is 27.1. The van der Waals surface area contributed by atoms with Crippen molar-refractivity contribution in [2.45, 2.75) is 32.2 Å². The summed E-state index contributed by atoms with van der Waals surface area (Å²) in [5.74, 6) is -2.48. The van der Waals surface area contributed by atoms with Crippen LogP contribution in [0.1, 0.15) is 28.5 Å². The standard InChI is InChI=1S/C28H28N2O8/c1-18-24(31)21(15-19-9-5-3-6-10-19)27(33)37-17-30(28(34)38-18)26(32)23-25(22(35-2)13-14-29-23)36-16-20-11-7-4-8-12-20/h3-14,18,21,24,31H,15-17H2,1-2H3/t18-,21+,24-/m0/s1. The van der Waals surface area contributed by atoms with Gasteiger partial charge in [0.1, 0.15) is 18.8 Å². The maximum absolute atomic E-state index is 13.5. The Morgan fingerprint density at radius 2 is 1.71 bits per heavy atom. The predicted molar refractivity (Wildman–Crippen MR) is 134 cm³/mol. The summed E-state index contributed by atoms with van der Waals surface area (Å²) in [6, 6.07) is 19.8. The van der Waals surface area contributed by atoms with Gasteiger partial charge < -0.3 is 24.1 Å². The van der Waals surface area contributed by atoms with E-state index in [1.807, 2.05) is 60.7 Å². The molecule has 1 N–H and O–H groups in total. The van der Waals surface area contributed by atoms with Crippen LogP contribution in [0.25, 0.3) is 0 Å². The van der Waals surface area contributed by atoms with Crippen molar-refractivity contribution < 1.29 is 38.4 Å². The third kappa shape index (κ3) is 6.09. The number of rotatable bonds is 7. The summed E-state index contributed by atoms with van der Waals surface area (Å²) in [5, 5.41) is 10.8. The van der Waals surface area contributed by atoms with Crippen LogP contribution in [-0.2, 0) is 27.3 Å². The predicted octanol–water partition coefficient (Wildman–Crippen LogP) is 3.37. The van der Waals surface area contributed by atoms with Gasteiger partial charge in [-0.1, -0.05) is 60.7 Å². The molecular weight excluding hydrogens is 492 g/mol. The molecule has 2 heterocycles. The van der Waals surface area contributed by atoms with Crippen LogP contribution in [0, 0.1) is 5.92 Å². The monoisotopic (exact) mass is 520 g/mol. The number of benzene rings is 2. The molecule has 198 valence electrons. The molecule has 0 radical (unpaired) electrons. The average molecular weight is 521 g/mol. The zero-order valence-corrected chi connectivity index (χ0v) is 21.0. The second-order valence-corrected chi connectivity index (χ2v) is 8.67. The Morgan fingerprint density at radius 1 is 1.05 bits per heavy atom. The molecule has 1 aliphatic heterocycles. The number of carbonyl (C=O) groups excluding carboxylic acids is 3. The summed E-state index contributed by atoms with van der Waals surface area (Å²) in [6.45, 7) is 0.811. The number of nitrogens with zero attached hydrogens (tertiary/aromatic N) is 2. The lowest BCUT2D eigenvalue weighted by molar-refractivity contribution is -0.155. The van der Waals surface area contributed by atoms with Gasteiger partial charge in [-0.2, -0.15) is 0 Å². The van der Waals surface area contributed by atoms with Crippen molar-refractivity contribution in [3.05, 3.63) is 89.7 Å². The topological polar surface area (TPSA) is 124 Å². The van der Waals surface area contributed by atoms with Crippen LogP contribution in [0.3, 0.4) is 0 Å². The van der Waals surface area contributed by atoms with Gasteiger partial charge in [-0.3, -0.25) is 9.59 Å². The van der Waals surface area contributed by atoms with Gasteiger partial charge in [0.05, 0.1) is 13.0 Å². The molecule has 1 aromatic heterocycles. The lowest BCUT2D eigenvalue weighted by atomic mass is 9.91. The third-order valence-corrected chi connectivity index (χ3v) is 6.10. The fourth-order valence-corrected chi connectivity index (χ4v) is 4.00. The van der Waals surface area contributed by atoms with Crippen LogP contribution in [-0.4, -0.2) is 59.0 Å². The number of methoxy groups -OCH3 is 1. The van der Waals surface area contributed by atoms with E-state index >= 15 is 0 Å². The maximum Gasteiger partial charge on any atom is 0.420 e. The minimum atomic E-state index is -1.36. The summed E-state index contributed by atoms with van der Waals surface area (Å²) in [6.07, 6.45) is -2.08. The van der Waals surface area contributed by atoms with Crippen LogP contribution in [0.4, 0.5) is 4.79 Å². The molecule has 4 rings (SSSR count). The van der Waals surface area contributed by atoms with Crippen LogP contribution >= 0.6 is 0 Å². The number of pyridine rings is 1. The number of aliphatic hydroxyl groups excluding tert-OH is 1. The molecule has 2 aromatic carbocycles. The molecule has 1 aliphatic rings. The molecule has 0 unspecified atom stereocenters. The number of hydrogen-bond acceptors (Lipinski definition) is 9. The molecule has 10 nitrogen and oxygen atoms in total. The van der Waals surface area contributed by atoms with Gasteiger partial charge in [0.2, 0.25) is 0 Å². The van der Waals surface area contributed by atoms with Crippen molar-refractivity contribution in [2.75, 3.05) is 13.8 Å². The van der Waals surface area contributed by atoms with Crippen LogP contribution < -0.4 is 9.47 Å². The van der Waals surface area contributed by atoms with E-state index in [4.69, 9.17) is 18.9 Å². The number of aromatic nitrogens is 1. The first-order valence-corrected chi connectivity index (χ1v) is 12.0. The Hall–Kier alpha value is -4.44. The summed E-state index contributed by atoms with van der Waals surface area (Å²) in [4.78, 5) is 44.2. The zero-order valence-electron chi connectivity index (χ0n) is 21.0. The second kappa shape index (κ2) is 12.2. The normalized spacial score (nSPS) is 19.9. The lowest BCUT2D eigenvalue weighted by Gasteiger charge is -2.24. The summed E-state index contributed by atoms with van der Waals surface area (Å²) < 4.78 is 21.9. The summed E-state index contributed by atoms with van der Waals surface area (Å²) >= 11 is 0. The molecule has 1 fully saturated rings. The van der Waals surface area contributed by atoms with E-state index in [0.29, 0.717) is 4.90 Å². The van der Waals surface area contributed by atoms with Gasteiger partial charge in [-0.25, -0.2) is 14.7 Å². The Kier molecular flexibility index (Phi) is 8.55. The smallest absolute Gasteiger partial charge is 0.420 e. The number of esters is 1. The highest BCUT2D eigenvalue weighted by molar-refractivity contribution is 6.04. The molecule has 0 spiro atoms. The van der Waals surface area contributed by atoms with Gasteiger partial charge in [-0.05, 0) is 24.5 Å². The first-order chi connectivity index (χ1) is 18.4. The molecule has 2 amide bonds. The second-order valence-electron chi connectivity index (χ2n) is 8.67. The minimum absolute atomic E-state index is 0.0119. The van der Waals surface area contributed by atoms with E-state index in [1.54, 1.807) is 0 Å².